The molecule has 0 atom stereocenters. The molecular weight excluding hydrogens is 237 g/mol. The Morgan fingerprint density at radius 3 is 2.89 bits per heavy atom. The summed E-state index contributed by atoms with van der Waals surface area (Å²) in [4.78, 5) is 4.11. The number of hydrogen-bond acceptors (Lipinski definition) is 5. The Bertz CT molecular complexity index is 676. The highest BCUT2D eigenvalue weighted by Gasteiger charge is 2.15. The van der Waals surface area contributed by atoms with Crippen LogP contribution in [0.1, 0.15) is 0 Å². The third kappa shape index (κ3) is 1.73. The lowest BCUT2D eigenvalue weighted by Gasteiger charge is -1.99. The average molecular weight is 245 g/mol. The number of aromatic nitrogens is 2. The van der Waals surface area contributed by atoms with Crippen molar-refractivity contribution in [1.29, 1.82) is 0 Å². The molecule has 2 N–H and O–H groups in total. The fourth-order valence-corrected chi connectivity index (χ4v) is 1.55. The number of anilines is 1. The quantitative estimate of drug-likeness (QED) is 0.702. The molecule has 2 heterocycles. The zero-order valence-corrected chi connectivity index (χ0v) is 9.13. The second-order valence-corrected chi connectivity index (χ2v) is 3.63. The van der Waals surface area contributed by atoms with E-state index in [1.165, 1.54) is 24.5 Å². The van der Waals surface area contributed by atoms with Gasteiger partial charge in [-0.15, -0.1) is 0 Å². The van der Waals surface area contributed by atoms with Gasteiger partial charge in [0.05, 0.1) is 11.8 Å². The highest BCUT2D eigenvalue weighted by atomic mass is 19.1. The summed E-state index contributed by atoms with van der Waals surface area (Å²) in [5.41, 5.74) is 6.46. The minimum absolute atomic E-state index is 0.151. The van der Waals surface area contributed by atoms with Gasteiger partial charge in [-0.05, 0) is 30.3 Å². The molecule has 0 amide bonds. The molecule has 0 fully saturated rings. The van der Waals surface area contributed by atoms with Crippen molar-refractivity contribution >= 4 is 5.69 Å². The van der Waals surface area contributed by atoms with Gasteiger partial charge in [0.2, 0.25) is 5.82 Å². The lowest BCUT2D eigenvalue weighted by Crippen LogP contribution is -1.91. The first kappa shape index (κ1) is 10.5. The van der Waals surface area contributed by atoms with Gasteiger partial charge < -0.3 is 14.7 Å². The number of benzene rings is 1. The van der Waals surface area contributed by atoms with Crippen molar-refractivity contribution in [3.63, 3.8) is 0 Å². The molecule has 0 saturated heterocycles. The van der Waals surface area contributed by atoms with Crippen LogP contribution < -0.4 is 5.73 Å². The van der Waals surface area contributed by atoms with Crippen LogP contribution in [0.25, 0.3) is 23.0 Å². The van der Waals surface area contributed by atoms with E-state index in [9.17, 15) is 4.39 Å². The number of rotatable bonds is 2. The number of nitrogen functional groups attached to an aromatic ring is 1. The first-order valence-corrected chi connectivity index (χ1v) is 5.17. The van der Waals surface area contributed by atoms with Crippen LogP contribution in [0.2, 0.25) is 0 Å². The average Bonchev–Trinajstić information content (AvgIpc) is 3.00. The summed E-state index contributed by atoms with van der Waals surface area (Å²) in [6.07, 6.45) is 1.50. The molecular formula is C12H8FN3O2. The summed E-state index contributed by atoms with van der Waals surface area (Å²) in [7, 11) is 0. The normalized spacial score (nSPS) is 10.7. The van der Waals surface area contributed by atoms with E-state index in [0.717, 1.165) is 0 Å². The van der Waals surface area contributed by atoms with Gasteiger partial charge in [-0.3, -0.25) is 0 Å². The van der Waals surface area contributed by atoms with E-state index in [4.69, 9.17) is 14.7 Å². The molecule has 0 spiro atoms. The first-order chi connectivity index (χ1) is 8.74. The number of nitrogens with zero attached hydrogens (tertiary/aromatic N) is 2. The maximum Gasteiger partial charge on any atom is 0.260 e. The highest BCUT2D eigenvalue weighted by molar-refractivity contribution is 5.71. The Morgan fingerprint density at radius 2 is 2.11 bits per heavy atom. The minimum Gasteiger partial charge on any atom is -0.461 e. The maximum atomic E-state index is 13.1. The van der Waals surface area contributed by atoms with Crippen molar-refractivity contribution in [3.05, 3.63) is 42.4 Å². The molecule has 18 heavy (non-hydrogen) atoms. The second-order valence-electron chi connectivity index (χ2n) is 3.63. The SMILES string of the molecule is Nc1ccc(F)cc1-c1nc(-c2ccco2)no1. The molecule has 0 aliphatic heterocycles. The Hall–Kier alpha value is -2.63. The van der Waals surface area contributed by atoms with E-state index in [2.05, 4.69) is 10.1 Å². The fraction of sp³-hybridized carbons (Fsp3) is 0. The minimum atomic E-state index is -0.419. The van der Waals surface area contributed by atoms with E-state index in [0.29, 0.717) is 22.8 Å². The number of nitrogens with two attached hydrogens (primary N) is 1. The van der Waals surface area contributed by atoms with Crippen LogP contribution in [0.3, 0.4) is 0 Å². The van der Waals surface area contributed by atoms with Crippen LogP contribution in [-0.2, 0) is 0 Å². The summed E-state index contributed by atoms with van der Waals surface area (Å²) >= 11 is 0. The fourth-order valence-electron chi connectivity index (χ4n) is 1.55. The van der Waals surface area contributed by atoms with Crippen LogP contribution in [0.5, 0.6) is 0 Å². The van der Waals surface area contributed by atoms with E-state index < -0.39 is 5.82 Å². The van der Waals surface area contributed by atoms with Gasteiger partial charge >= 0.3 is 0 Å². The van der Waals surface area contributed by atoms with Crippen LogP contribution in [-0.4, -0.2) is 10.1 Å². The Morgan fingerprint density at radius 1 is 1.22 bits per heavy atom. The Balaban J connectivity index is 2.05. The van der Waals surface area contributed by atoms with Crippen molar-refractivity contribution in [2.45, 2.75) is 0 Å². The van der Waals surface area contributed by atoms with E-state index in [1.54, 1.807) is 12.1 Å². The van der Waals surface area contributed by atoms with Crippen molar-refractivity contribution in [2.75, 3.05) is 5.73 Å². The van der Waals surface area contributed by atoms with Crippen molar-refractivity contribution in [2.24, 2.45) is 0 Å². The van der Waals surface area contributed by atoms with Gasteiger partial charge in [-0.2, -0.15) is 4.98 Å². The van der Waals surface area contributed by atoms with Gasteiger partial charge in [0.15, 0.2) is 5.76 Å². The summed E-state index contributed by atoms with van der Waals surface area (Å²) in [5.74, 6) is 0.494. The molecule has 5 nitrogen and oxygen atoms in total. The molecule has 0 aliphatic carbocycles. The zero-order valence-electron chi connectivity index (χ0n) is 9.13. The van der Waals surface area contributed by atoms with Gasteiger partial charge in [0, 0.05) is 5.69 Å². The largest absolute Gasteiger partial charge is 0.461 e. The molecule has 0 bridgehead atoms. The molecule has 0 saturated carbocycles. The van der Waals surface area contributed by atoms with Crippen LogP contribution in [0.4, 0.5) is 10.1 Å². The van der Waals surface area contributed by atoms with Crippen molar-refractivity contribution in [1.82, 2.24) is 10.1 Å². The molecule has 0 unspecified atom stereocenters. The second kappa shape index (κ2) is 3.99. The number of furan rings is 1. The summed E-state index contributed by atoms with van der Waals surface area (Å²) in [6.45, 7) is 0. The summed E-state index contributed by atoms with van der Waals surface area (Å²) in [6, 6.07) is 7.37. The predicted octanol–water partition coefficient (Wildman–Crippen LogP) is 2.72. The molecule has 6 heteroatoms. The van der Waals surface area contributed by atoms with E-state index in [-0.39, 0.29) is 5.89 Å². The third-order valence-corrected chi connectivity index (χ3v) is 2.41. The molecule has 3 aromatic rings. The van der Waals surface area contributed by atoms with Crippen LogP contribution >= 0.6 is 0 Å². The first-order valence-electron chi connectivity index (χ1n) is 5.17. The van der Waals surface area contributed by atoms with Gasteiger partial charge in [0.1, 0.15) is 5.82 Å². The summed E-state index contributed by atoms with van der Waals surface area (Å²) < 4.78 is 23.3. The summed E-state index contributed by atoms with van der Waals surface area (Å²) in [5, 5.41) is 3.75. The monoisotopic (exact) mass is 245 g/mol. The van der Waals surface area contributed by atoms with Crippen molar-refractivity contribution < 1.29 is 13.3 Å². The lowest BCUT2D eigenvalue weighted by atomic mass is 10.2. The lowest BCUT2D eigenvalue weighted by molar-refractivity contribution is 0.429. The molecule has 2 aromatic heterocycles. The van der Waals surface area contributed by atoms with Crippen LogP contribution in [0, 0.1) is 5.82 Å². The van der Waals surface area contributed by atoms with Gasteiger partial charge in [-0.25, -0.2) is 4.39 Å². The Labute approximate surface area is 101 Å². The standard InChI is InChI=1S/C12H8FN3O2/c13-7-3-4-9(14)8(6-7)12-15-11(16-18-12)10-2-1-5-17-10/h1-6H,14H2. The molecule has 0 aliphatic rings. The van der Waals surface area contributed by atoms with Crippen molar-refractivity contribution in [3.8, 4) is 23.0 Å². The van der Waals surface area contributed by atoms with Gasteiger partial charge in [-0.1, -0.05) is 5.16 Å². The van der Waals surface area contributed by atoms with Gasteiger partial charge in [0.25, 0.3) is 5.89 Å². The highest BCUT2D eigenvalue weighted by Crippen LogP contribution is 2.27. The molecule has 90 valence electrons. The van der Waals surface area contributed by atoms with E-state index >= 15 is 0 Å². The number of hydrogen-bond donors (Lipinski definition) is 1. The molecule has 1 aromatic carbocycles. The predicted molar refractivity (Wildman–Crippen MR) is 61.8 cm³/mol. The van der Waals surface area contributed by atoms with E-state index in [1.807, 2.05) is 0 Å². The number of halogens is 1. The topological polar surface area (TPSA) is 78.1 Å². The van der Waals surface area contributed by atoms with Crippen LogP contribution in [0.15, 0.2) is 45.5 Å². The smallest absolute Gasteiger partial charge is 0.260 e. The molecule has 0 radical (unpaired) electrons. The maximum absolute atomic E-state index is 13.1. The third-order valence-electron chi connectivity index (χ3n) is 2.41. The zero-order chi connectivity index (χ0) is 12.5. The molecule has 3 rings (SSSR count). The Kier molecular flexibility index (Phi) is 2.33.